The molecule has 1 saturated carbocycles. The van der Waals surface area contributed by atoms with Crippen LogP contribution in [-0.2, 0) is 0 Å². The summed E-state index contributed by atoms with van der Waals surface area (Å²) in [6.45, 7) is 0.886. The Bertz CT molecular complexity index is 425. The highest BCUT2D eigenvalue weighted by molar-refractivity contribution is 5.85. The Morgan fingerprint density at radius 2 is 2.22 bits per heavy atom. The van der Waals surface area contributed by atoms with E-state index in [0.717, 1.165) is 19.3 Å². The van der Waals surface area contributed by atoms with Crippen molar-refractivity contribution in [1.29, 1.82) is 0 Å². The minimum absolute atomic E-state index is 0.0161. The Labute approximate surface area is 105 Å². The van der Waals surface area contributed by atoms with E-state index in [1.807, 2.05) is 0 Å². The van der Waals surface area contributed by atoms with Crippen molar-refractivity contribution < 1.29 is 15.0 Å². The van der Waals surface area contributed by atoms with Crippen LogP contribution in [0.5, 0.6) is 0 Å². The molecule has 0 bridgehead atoms. The molecule has 1 fully saturated rings. The van der Waals surface area contributed by atoms with Crippen molar-refractivity contribution in [3.8, 4) is 0 Å². The average molecular weight is 251 g/mol. The number of rotatable bonds is 5. The third kappa shape index (κ3) is 2.95. The van der Waals surface area contributed by atoms with Gasteiger partial charge in [0.2, 0.25) is 5.95 Å². The van der Waals surface area contributed by atoms with E-state index in [1.165, 1.54) is 12.3 Å². The fraction of sp³-hybridized carbons (Fsp3) is 0.583. The second-order valence-electron chi connectivity index (χ2n) is 4.59. The molecule has 1 heterocycles. The van der Waals surface area contributed by atoms with E-state index in [0.29, 0.717) is 24.3 Å². The van der Waals surface area contributed by atoms with E-state index >= 15 is 0 Å². The van der Waals surface area contributed by atoms with Gasteiger partial charge in [0.15, 0.2) is 5.69 Å². The number of nitrogens with one attached hydrogen (secondary N) is 1. The summed E-state index contributed by atoms with van der Waals surface area (Å²) in [6.07, 6.45) is 4.69. The van der Waals surface area contributed by atoms with E-state index in [2.05, 4.69) is 15.3 Å². The van der Waals surface area contributed by atoms with Gasteiger partial charge in [-0.2, -0.15) is 0 Å². The topological polar surface area (TPSA) is 95.3 Å². The van der Waals surface area contributed by atoms with Crippen molar-refractivity contribution in [2.75, 3.05) is 18.5 Å². The van der Waals surface area contributed by atoms with E-state index in [9.17, 15) is 9.90 Å². The van der Waals surface area contributed by atoms with Gasteiger partial charge in [0.25, 0.3) is 0 Å². The van der Waals surface area contributed by atoms with Gasteiger partial charge in [0.1, 0.15) is 0 Å². The molecule has 2 unspecified atom stereocenters. The second kappa shape index (κ2) is 5.77. The van der Waals surface area contributed by atoms with Crippen LogP contribution in [0.2, 0.25) is 0 Å². The van der Waals surface area contributed by atoms with Gasteiger partial charge in [-0.15, -0.1) is 0 Å². The Morgan fingerprint density at radius 3 is 2.94 bits per heavy atom. The number of anilines is 1. The highest BCUT2D eigenvalue weighted by atomic mass is 16.4. The van der Waals surface area contributed by atoms with Crippen molar-refractivity contribution in [2.24, 2.45) is 11.8 Å². The van der Waals surface area contributed by atoms with Gasteiger partial charge in [0.05, 0.1) is 0 Å². The number of aliphatic hydroxyl groups is 1. The van der Waals surface area contributed by atoms with Crippen LogP contribution in [0.1, 0.15) is 29.8 Å². The minimum atomic E-state index is -1.06. The number of carbonyl (C=O) groups is 1. The van der Waals surface area contributed by atoms with Crippen molar-refractivity contribution in [2.45, 2.75) is 19.3 Å². The van der Waals surface area contributed by atoms with Gasteiger partial charge >= 0.3 is 5.97 Å². The Balaban J connectivity index is 1.93. The predicted octanol–water partition coefficient (Wildman–Crippen LogP) is 0.995. The van der Waals surface area contributed by atoms with E-state index in [1.54, 1.807) is 0 Å². The van der Waals surface area contributed by atoms with Crippen LogP contribution in [-0.4, -0.2) is 39.3 Å². The molecule has 6 heteroatoms. The van der Waals surface area contributed by atoms with Crippen LogP contribution >= 0.6 is 0 Å². The predicted molar refractivity (Wildman–Crippen MR) is 65.4 cm³/mol. The zero-order valence-corrected chi connectivity index (χ0v) is 10.0. The van der Waals surface area contributed by atoms with Gasteiger partial charge in [-0.3, -0.25) is 0 Å². The monoisotopic (exact) mass is 251 g/mol. The SMILES string of the molecule is O=C(O)c1ccnc(NCC2CCCC2CO)n1. The van der Waals surface area contributed by atoms with Crippen molar-refractivity contribution in [3.05, 3.63) is 18.0 Å². The summed E-state index contributed by atoms with van der Waals surface area (Å²) in [5, 5.41) is 21.1. The summed E-state index contributed by atoms with van der Waals surface area (Å²) >= 11 is 0. The molecule has 98 valence electrons. The van der Waals surface area contributed by atoms with Crippen molar-refractivity contribution in [3.63, 3.8) is 0 Å². The third-order valence-electron chi connectivity index (χ3n) is 3.45. The molecule has 0 saturated heterocycles. The number of hydrogen-bond donors (Lipinski definition) is 3. The van der Waals surface area contributed by atoms with Crippen LogP contribution in [0, 0.1) is 11.8 Å². The van der Waals surface area contributed by atoms with E-state index in [-0.39, 0.29) is 12.3 Å². The van der Waals surface area contributed by atoms with Crippen molar-refractivity contribution >= 4 is 11.9 Å². The first-order chi connectivity index (χ1) is 8.70. The molecule has 2 rings (SSSR count). The Kier molecular flexibility index (Phi) is 4.09. The number of aromatic carboxylic acids is 1. The fourth-order valence-electron chi connectivity index (χ4n) is 2.41. The summed E-state index contributed by atoms with van der Waals surface area (Å²) < 4.78 is 0. The summed E-state index contributed by atoms with van der Waals surface area (Å²) in [5.41, 5.74) is -0.0161. The maximum atomic E-state index is 10.8. The molecule has 1 aliphatic carbocycles. The standard InChI is InChI=1S/C12H17N3O3/c16-7-9-3-1-2-8(9)6-14-12-13-5-4-10(15-12)11(17)18/h4-5,8-9,16H,1-3,6-7H2,(H,17,18)(H,13,14,15). The Hall–Kier alpha value is -1.69. The zero-order valence-electron chi connectivity index (χ0n) is 10.0. The molecule has 0 radical (unpaired) electrons. The van der Waals surface area contributed by atoms with E-state index in [4.69, 9.17) is 5.11 Å². The summed E-state index contributed by atoms with van der Waals surface area (Å²) in [6, 6.07) is 1.36. The minimum Gasteiger partial charge on any atom is -0.477 e. The molecule has 0 aliphatic heterocycles. The Morgan fingerprint density at radius 1 is 1.44 bits per heavy atom. The lowest BCUT2D eigenvalue weighted by Crippen LogP contribution is -2.21. The smallest absolute Gasteiger partial charge is 0.354 e. The maximum Gasteiger partial charge on any atom is 0.354 e. The van der Waals surface area contributed by atoms with Crippen LogP contribution in [0.3, 0.4) is 0 Å². The van der Waals surface area contributed by atoms with Gasteiger partial charge in [-0.1, -0.05) is 6.42 Å². The number of aromatic nitrogens is 2. The first-order valence-corrected chi connectivity index (χ1v) is 6.11. The van der Waals surface area contributed by atoms with Crippen LogP contribution < -0.4 is 5.32 Å². The highest BCUT2D eigenvalue weighted by Gasteiger charge is 2.26. The van der Waals surface area contributed by atoms with Gasteiger partial charge in [-0.05, 0) is 30.7 Å². The maximum absolute atomic E-state index is 10.8. The molecule has 18 heavy (non-hydrogen) atoms. The number of aliphatic hydroxyl groups excluding tert-OH is 1. The first-order valence-electron chi connectivity index (χ1n) is 6.11. The molecule has 6 nitrogen and oxygen atoms in total. The molecule has 1 aromatic rings. The molecule has 2 atom stereocenters. The zero-order chi connectivity index (χ0) is 13.0. The average Bonchev–Trinajstić information content (AvgIpc) is 2.84. The molecule has 1 aromatic heterocycles. The molecular formula is C12H17N3O3. The van der Waals surface area contributed by atoms with Gasteiger partial charge < -0.3 is 15.5 Å². The number of nitrogens with zero attached hydrogens (tertiary/aromatic N) is 2. The molecule has 1 aliphatic rings. The molecule has 3 N–H and O–H groups in total. The van der Waals surface area contributed by atoms with Crippen LogP contribution in [0.4, 0.5) is 5.95 Å². The van der Waals surface area contributed by atoms with E-state index < -0.39 is 5.97 Å². The molecule has 0 aromatic carbocycles. The summed E-state index contributed by atoms with van der Waals surface area (Å²) in [7, 11) is 0. The largest absolute Gasteiger partial charge is 0.477 e. The lowest BCUT2D eigenvalue weighted by molar-refractivity contribution is 0.0690. The summed E-state index contributed by atoms with van der Waals surface area (Å²) in [5.74, 6) is 0.0141. The lowest BCUT2D eigenvalue weighted by Gasteiger charge is -2.17. The van der Waals surface area contributed by atoms with Crippen LogP contribution in [0.25, 0.3) is 0 Å². The molecule has 0 amide bonds. The normalized spacial score (nSPS) is 22.9. The van der Waals surface area contributed by atoms with Crippen LogP contribution in [0.15, 0.2) is 12.3 Å². The van der Waals surface area contributed by atoms with Crippen molar-refractivity contribution in [1.82, 2.24) is 9.97 Å². The van der Waals surface area contributed by atoms with Gasteiger partial charge in [0, 0.05) is 19.3 Å². The fourth-order valence-corrected chi connectivity index (χ4v) is 2.41. The number of hydrogen-bond acceptors (Lipinski definition) is 5. The quantitative estimate of drug-likeness (QED) is 0.722. The second-order valence-corrected chi connectivity index (χ2v) is 4.59. The third-order valence-corrected chi connectivity index (χ3v) is 3.45. The highest BCUT2D eigenvalue weighted by Crippen LogP contribution is 2.31. The first kappa shape index (κ1) is 12.8. The number of carboxylic acids is 1. The summed E-state index contributed by atoms with van der Waals surface area (Å²) in [4.78, 5) is 18.6. The molecular weight excluding hydrogens is 234 g/mol. The van der Waals surface area contributed by atoms with Gasteiger partial charge in [-0.25, -0.2) is 14.8 Å². The molecule has 0 spiro atoms. The lowest BCUT2D eigenvalue weighted by atomic mass is 9.97. The number of carboxylic acid groups (broad SMARTS) is 1.